The molecule has 0 unspecified atom stereocenters. The van der Waals surface area contributed by atoms with Crippen molar-refractivity contribution < 1.29 is 32.6 Å². The Labute approximate surface area is 168 Å². The predicted molar refractivity (Wildman–Crippen MR) is 104 cm³/mol. The first kappa shape index (κ1) is 20.4. The molecule has 0 aliphatic carbocycles. The van der Waals surface area contributed by atoms with E-state index in [0.29, 0.717) is 5.01 Å². The number of Topliss-reactive ketones (excluding diaryl/α,β-unsaturated/α-hetero) is 1. The number of para-hydroxylation sites is 1. The van der Waals surface area contributed by atoms with Gasteiger partial charge in [0, 0.05) is 11.6 Å². The van der Waals surface area contributed by atoms with Crippen LogP contribution in [0.25, 0.3) is 16.3 Å². The zero-order valence-corrected chi connectivity index (χ0v) is 15.9. The van der Waals surface area contributed by atoms with Crippen LogP contribution in [0.1, 0.15) is 15.4 Å². The van der Waals surface area contributed by atoms with E-state index in [9.17, 15) is 18.4 Å². The third-order valence-corrected chi connectivity index (χ3v) is 4.72. The normalized spacial score (nSPS) is 11.2. The van der Waals surface area contributed by atoms with E-state index in [1.165, 1.54) is 48.8 Å². The molecule has 3 aromatic rings. The summed E-state index contributed by atoms with van der Waals surface area (Å²) in [5.74, 6) is -1.45. The number of ketones is 1. The van der Waals surface area contributed by atoms with E-state index in [-0.39, 0.29) is 17.1 Å². The van der Waals surface area contributed by atoms with Gasteiger partial charge >= 0.3 is 12.6 Å². The first-order valence-corrected chi connectivity index (χ1v) is 9.14. The summed E-state index contributed by atoms with van der Waals surface area (Å²) in [6.07, 6.45) is 2.70. The van der Waals surface area contributed by atoms with Crippen LogP contribution in [0.15, 0.2) is 48.5 Å². The summed E-state index contributed by atoms with van der Waals surface area (Å²) in [5, 5.41) is 0.633. The van der Waals surface area contributed by atoms with E-state index in [0.717, 1.165) is 10.2 Å². The standard InChI is InChI=1S/C20H15F2NO5S/c1-26-16-10-12(6-7-15(16)28-20(21)22)14(24)11-27-19(25)9-8-18-23-13-4-2-3-5-17(13)29-18/h2-10,20H,11H2,1H3. The number of ether oxygens (including phenoxy) is 3. The number of hydrogen-bond acceptors (Lipinski definition) is 7. The number of carbonyl (C=O) groups is 2. The topological polar surface area (TPSA) is 74.7 Å². The largest absolute Gasteiger partial charge is 0.493 e. The molecule has 0 saturated heterocycles. The highest BCUT2D eigenvalue weighted by Gasteiger charge is 2.15. The highest BCUT2D eigenvalue weighted by molar-refractivity contribution is 7.19. The Morgan fingerprint density at radius 3 is 2.69 bits per heavy atom. The van der Waals surface area contributed by atoms with Crippen molar-refractivity contribution in [1.29, 1.82) is 0 Å². The number of hydrogen-bond donors (Lipinski definition) is 0. The summed E-state index contributed by atoms with van der Waals surface area (Å²) in [4.78, 5) is 28.4. The van der Waals surface area contributed by atoms with E-state index in [1.807, 2.05) is 24.3 Å². The Hall–Kier alpha value is -3.33. The van der Waals surface area contributed by atoms with Crippen molar-refractivity contribution in [2.24, 2.45) is 0 Å². The molecule has 1 aromatic heterocycles. The molecular weight excluding hydrogens is 404 g/mol. The summed E-state index contributed by atoms with van der Waals surface area (Å²) in [6.45, 7) is -3.53. The van der Waals surface area contributed by atoms with Gasteiger partial charge in [-0.2, -0.15) is 8.78 Å². The second-order valence-electron chi connectivity index (χ2n) is 5.63. The van der Waals surface area contributed by atoms with Crippen LogP contribution < -0.4 is 9.47 Å². The van der Waals surface area contributed by atoms with Crippen LogP contribution in [0.5, 0.6) is 11.5 Å². The number of rotatable bonds is 8. The van der Waals surface area contributed by atoms with Crippen molar-refractivity contribution in [3.8, 4) is 11.5 Å². The Morgan fingerprint density at radius 1 is 1.17 bits per heavy atom. The van der Waals surface area contributed by atoms with Gasteiger partial charge in [0.15, 0.2) is 23.9 Å². The Morgan fingerprint density at radius 2 is 1.97 bits per heavy atom. The maximum atomic E-state index is 12.3. The molecule has 0 atom stereocenters. The number of alkyl halides is 2. The van der Waals surface area contributed by atoms with Gasteiger partial charge in [-0.3, -0.25) is 4.79 Å². The molecule has 9 heteroatoms. The van der Waals surface area contributed by atoms with Crippen LogP contribution in [-0.4, -0.2) is 37.1 Å². The molecule has 0 spiro atoms. The number of halogens is 2. The lowest BCUT2D eigenvalue weighted by atomic mass is 10.1. The van der Waals surface area contributed by atoms with Crippen molar-refractivity contribution in [1.82, 2.24) is 4.98 Å². The molecule has 0 fully saturated rings. The lowest BCUT2D eigenvalue weighted by Gasteiger charge is -2.11. The zero-order valence-electron chi connectivity index (χ0n) is 15.1. The smallest absolute Gasteiger partial charge is 0.387 e. The minimum atomic E-state index is -3.02. The maximum absolute atomic E-state index is 12.3. The quantitative estimate of drug-likeness (QED) is 0.307. The molecule has 150 valence electrons. The van der Waals surface area contributed by atoms with Crippen LogP contribution in [0.4, 0.5) is 8.78 Å². The van der Waals surface area contributed by atoms with Gasteiger partial charge in [-0.05, 0) is 36.4 Å². The first-order valence-electron chi connectivity index (χ1n) is 8.32. The minimum Gasteiger partial charge on any atom is -0.493 e. The summed E-state index contributed by atoms with van der Waals surface area (Å²) in [6, 6.07) is 11.3. The SMILES string of the molecule is COc1cc(C(=O)COC(=O)C=Cc2nc3ccccc3s2)ccc1OC(F)F. The van der Waals surface area contributed by atoms with Gasteiger partial charge in [-0.1, -0.05) is 12.1 Å². The summed E-state index contributed by atoms with van der Waals surface area (Å²) in [5.41, 5.74) is 0.959. The molecular formula is C20H15F2NO5S. The molecule has 0 N–H and O–H groups in total. The molecule has 2 aromatic carbocycles. The fourth-order valence-corrected chi connectivity index (χ4v) is 3.27. The Bertz CT molecular complexity index is 1030. The Balaban J connectivity index is 1.58. The number of methoxy groups -OCH3 is 1. The molecule has 0 aliphatic rings. The van der Waals surface area contributed by atoms with E-state index in [2.05, 4.69) is 9.72 Å². The van der Waals surface area contributed by atoms with Crippen molar-refractivity contribution in [2.75, 3.05) is 13.7 Å². The molecule has 0 radical (unpaired) electrons. The number of fused-ring (bicyclic) bond motifs is 1. The summed E-state index contributed by atoms with van der Waals surface area (Å²) < 4.78 is 39.9. The first-order chi connectivity index (χ1) is 14.0. The van der Waals surface area contributed by atoms with Gasteiger partial charge in [0.2, 0.25) is 0 Å². The van der Waals surface area contributed by atoms with E-state index in [1.54, 1.807) is 0 Å². The van der Waals surface area contributed by atoms with E-state index >= 15 is 0 Å². The molecule has 3 rings (SSSR count). The monoisotopic (exact) mass is 419 g/mol. The lowest BCUT2D eigenvalue weighted by molar-refractivity contribution is -0.136. The number of nitrogens with zero attached hydrogens (tertiary/aromatic N) is 1. The Kier molecular flexibility index (Phi) is 6.50. The van der Waals surface area contributed by atoms with Crippen molar-refractivity contribution in [3.63, 3.8) is 0 Å². The average molecular weight is 419 g/mol. The van der Waals surface area contributed by atoms with Crippen LogP contribution in [0.2, 0.25) is 0 Å². The second-order valence-corrected chi connectivity index (χ2v) is 6.69. The molecule has 6 nitrogen and oxygen atoms in total. The van der Waals surface area contributed by atoms with E-state index < -0.39 is 25.0 Å². The third-order valence-electron chi connectivity index (χ3n) is 3.72. The minimum absolute atomic E-state index is 0.0294. The second kappa shape index (κ2) is 9.24. The zero-order chi connectivity index (χ0) is 20.8. The molecule has 1 heterocycles. The number of benzene rings is 2. The molecule has 29 heavy (non-hydrogen) atoms. The number of esters is 1. The van der Waals surface area contributed by atoms with Gasteiger partial charge in [-0.25, -0.2) is 9.78 Å². The predicted octanol–water partition coefficient (Wildman–Crippen LogP) is 4.35. The van der Waals surface area contributed by atoms with Gasteiger partial charge < -0.3 is 14.2 Å². The van der Waals surface area contributed by atoms with Crippen molar-refractivity contribution >= 4 is 39.4 Å². The third kappa shape index (κ3) is 5.35. The molecule has 0 amide bonds. The number of aromatic nitrogens is 1. The molecule has 0 aliphatic heterocycles. The maximum Gasteiger partial charge on any atom is 0.387 e. The summed E-state index contributed by atoms with van der Waals surface area (Å²) in [7, 11) is 1.26. The lowest BCUT2D eigenvalue weighted by Crippen LogP contribution is -2.13. The van der Waals surface area contributed by atoms with Crippen LogP contribution >= 0.6 is 11.3 Å². The fourth-order valence-electron chi connectivity index (χ4n) is 2.40. The average Bonchev–Trinajstić information content (AvgIpc) is 3.13. The number of carbonyl (C=O) groups excluding carboxylic acids is 2. The highest BCUT2D eigenvalue weighted by Crippen LogP contribution is 2.29. The van der Waals surface area contributed by atoms with E-state index in [4.69, 9.17) is 9.47 Å². The van der Waals surface area contributed by atoms with Crippen LogP contribution in [0, 0.1) is 0 Å². The molecule has 0 bridgehead atoms. The van der Waals surface area contributed by atoms with Gasteiger partial charge in [-0.15, -0.1) is 11.3 Å². The van der Waals surface area contributed by atoms with Crippen LogP contribution in [-0.2, 0) is 9.53 Å². The summed E-state index contributed by atoms with van der Waals surface area (Å²) >= 11 is 1.42. The van der Waals surface area contributed by atoms with Crippen LogP contribution in [0.3, 0.4) is 0 Å². The fraction of sp³-hybridized carbons (Fsp3) is 0.150. The molecule has 0 saturated carbocycles. The van der Waals surface area contributed by atoms with Gasteiger partial charge in [0.25, 0.3) is 0 Å². The van der Waals surface area contributed by atoms with Gasteiger partial charge in [0.1, 0.15) is 5.01 Å². The van der Waals surface area contributed by atoms with Crippen molar-refractivity contribution in [2.45, 2.75) is 6.61 Å². The van der Waals surface area contributed by atoms with Crippen molar-refractivity contribution in [3.05, 3.63) is 59.1 Å². The van der Waals surface area contributed by atoms with Gasteiger partial charge in [0.05, 0.1) is 17.3 Å². The number of thiazole rings is 1. The highest BCUT2D eigenvalue weighted by atomic mass is 32.1.